The molecule has 0 bridgehead atoms. The van der Waals surface area contributed by atoms with E-state index in [9.17, 15) is 0 Å². The minimum Gasteiger partial charge on any atom is -0.306 e. The van der Waals surface area contributed by atoms with Crippen molar-refractivity contribution in [2.75, 3.05) is 20.1 Å². The van der Waals surface area contributed by atoms with Crippen molar-refractivity contribution in [1.82, 2.24) is 14.7 Å². The first-order valence-corrected chi connectivity index (χ1v) is 5.95. The van der Waals surface area contributed by atoms with Gasteiger partial charge in [0.15, 0.2) is 0 Å². The van der Waals surface area contributed by atoms with Crippen LogP contribution in [0.25, 0.3) is 10.9 Å². The summed E-state index contributed by atoms with van der Waals surface area (Å²) in [6.07, 6.45) is 4.61. The Morgan fingerprint density at radius 3 is 2.69 bits per heavy atom. The molecule has 3 rings (SSSR count). The number of piperidine rings is 1. The van der Waals surface area contributed by atoms with Crippen LogP contribution in [0.1, 0.15) is 18.9 Å². The first-order valence-electron chi connectivity index (χ1n) is 5.95. The lowest BCUT2D eigenvalue weighted by atomic mass is 10.1. The Kier molecular flexibility index (Phi) is 2.40. The third-order valence-corrected chi connectivity index (χ3v) is 3.49. The molecule has 0 amide bonds. The number of hydrogen-bond donors (Lipinski definition) is 0. The van der Waals surface area contributed by atoms with Crippen molar-refractivity contribution in [2.24, 2.45) is 0 Å². The molecule has 0 saturated carbocycles. The van der Waals surface area contributed by atoms with Crippen molar-refractivity contribution >= 4 is 10.9 Å². The Balaban J connectivity index is 1.88. The smallest absolute Gasteiger partial charge is 0.0923 e. The molecular weight excluding hydrogens is 198 g/mol. The molecule has 1 aromatic carbocycles. The average molecular weight is 215 g/mol. The van der Waals surface area contributed by atoms with E-state index in [0.29, 0.717) is 6.04 Å². The molecule has 0 unspecified atom stereocenters. The van der Waals surface area contributed by atoms with Gasteiger partial charge in [-0.25, -0.2) is 0 Å². The highest BCUT2D eigenvalue weighted by Crippen LogP contribution is 2.23. The normalized spacial score (nSPS) is 19.3. The summed E-state index contributed by atoms with van der Waals surface area (Å²) >= 11 is 0. The number of rotatable bonds is 1. The maximum atomic E-state index is 4.66. The first-order chi connectivity index (χ1) is 7.83. The zero-order valence-corrected chi connectivity index (χ0v) is 9.63. The van der Waals surface area contributed by atoms with Gasteiger partial charge >= 0.3 is 0 Å². The summed E-state index contributed by atoms with van der Waals surface area (Å²) in [5.74, 6) is 0. The van der Waals surface area contributed by atoms with E-state index in [2.05, 4.69) is 46.1 Å². The van der Waals surface area contributed by atoms with Gasteiger partial charge in [0.25, 0.3) is 0 Å². The monoisotopic (exact) mass is 215 g/mol. The number of benzene rings is 1. The van der Waals surface area contributed by atoms with Crippen LogP contribution in [0, 0.1) is 0 Å². The summed E-state index contributed by atoms with van der Waals surface area (Å²) in [4.78, 5) is 2.39. The Morgan fingerprint density at radius 1 is 1.19 bits per heavy atom. The zero-order chi connectivity index (χ0) is 11.0. The van der Waals surface area contributed by atoms with Gasteiger partial charge in [-0.3, -0.25) is 4.68 Å². The number of fused-ring (bicyclic) bond motifs is 1. The molecule has 0 radical (unpaired) electrons. The van der Waals surface area contributed by atoms with Crippen LogP contribution < -0.4 is 0 Å². The number of likely N-dealkylation sites (tertiary alicyclic amines) is 1. The van der Waals surface area contributed by atoms with Crippen LogP contribution in [0.15, 0.2) is 30.5 Å². The van der Waals surface area contributed by atoms with Gasteiger partial charge in [0.05, 0.1) is 11.6 Å². The van der Waals surface area contributed by atoms with Gasteiger partial charge in [-0.05, 0) is 39.0 Å². The Labute approximate surface area is 95.7 Å². The molecule has 16 heavy (non-hydrogen) atoms. The van der Waals surface area contributed by atoms with Crippen LogP contribution in [0.4, 0.5) is 0 Å². The molecule has 1 saturated heterocycles. The minimum atomic E-state index is 0.587. The average Bonchev–Trinajstić information content (AvgIpc) is 2.73. The SMILES string of the molecule is CN1CCC(n2cc3ccccc3n2)CC1. The van der Waals surface area contributed by atoms with Crippen LogP contribution in [0.3, 0.4) is 0 Å². The highest BCUT2D eigenvalue weighted by atomic mass is 15.3. The Bertz CT molecular complexity index is 448. The fraction of sp³-hybridized carbons (Fsp3) is 0.462. The molecule has 84 valence electrons. The van der Waals surface area contributed by atoms with E-state index in [0.717, 1.165) is 5.52 Å². The minimum absolute atomic E-state index is 0.587. The third kappa shape index (κ3) is 1.71. The second-order valence-corrected chi connectivity index (χ2v) is 4.70. The van der Waals surface area contributed by atoms with Gasteiger partial charge < -0.3 is 4.90 Å². The molecule has 1 aromatic heterocycles. The summed E-state index contributed by atoms with van der Waals surface area (Å²) in [6, 6.07) is 8.93. The molecular formula is C13H17N3. The fourth-order valence-electron chi connectivity index (χ4n) is 2.43. The summed E-state index contributed by atoms with van der Waals surface area (Å²) in [6.45, 7) is 2.36. The molecule has 1 aliphatic rings. The highest BCUT2D eigenvalue weighted by Gasteiger charge is 2.18. The Morgan fingerprint density at radius 2 is 1.94 bits per heavy atom. The van der Waals surface area contributed by atoms with Crippen LogP contribution in [0.2, 0.25) is 0 Å². The van der Waals surface area contributed by atoms with Crippen molar-refractivity contribution in [3.05, 3.63) is 30.5 Å². The third-order valence-electron chi connectivity index (χ3n) is 3.49. The quantitative estimate of drug-likeness (QED) is 0.728. The molecule has 0 atom stereocenters. The molecule has 0 aliphatic carbocycles. The largest absolute Gasteiger partial charge is 0.306 e. The van der Waals surface area contributed by atoms with Crippen LogP contribution in [0.5, 0.6) is 0 Å². The number of hydrogen-bond acceptors (Lipinski definition) is 2. The van der Waals surface area contributed by atoms with E-state index >= 15 is 0 Å². The molecule has 0 spiro atoms. The maximum absolute atomic E-state index is 4.66. The second-order valence-electron chi connectivity index (χ2n) is 4.70. The van der Waals surface area contributed by atoms with E-state index < -0.39 is 0 Å². The standard InChI is InChI=1S/C13H17N3/c1-15-8-6-12(7-9-15)16-10-11-4-2-3-5-13(11)14-16/h2-5,10,12H,6-9H2,1H3. The van der Waals surface area contributed by atoms with E-state index in [-0.39, 0.29) is 0 Å². The molecule has 3 nitrogen and oxygen atoms in total. The van der Waals surface area contributed by atoms with Crippen molar-refractivity contribution in [3.63, 3.8) is 0 Å². The lowest BCUT2D eigenvalue weighted by molar-refractivity contribution is 0.213. The Hall–Kier alpha value is -1.35. The van der Waals surface area contributed by atoms with Crippen molar-refractivity contribution in [2.45, 2.75) is 18.9 Å². The summed E-state index contributed by atoms with van der Waals surface area (Å²) in [5, 5.41) is 5.91. The summed E-state index contributed by atoms with van der Waals surface area (Å²) < 4.78 is 2.16. The van der Waals surface area contributed by atoms with Crippen molar-refractivity contribution in [3.8, 4) is 0 Å². The predicted molar refractivity (Wildman–Crippen MR) is 65.5 cm³/mol. The lowest BCUT2D eigenvalue weighted by Crippen LogP contribution is -2.31. The predicted octanol–water partition coefficient (Wildman–Crippen LogP) is 2.30. The number of aromatic nitrogens is 2. The van der Waals surface area contributed by atoms with Crippen LogP contribution >= 0.6 is 0 Å². The zero-order valence-electron chi connectivity index (χ0n) is 9.63. The van der Waals surface area contributed by atoms with Crippen LogP contribution in [-0.2, 0) is 0 Å². The van der Waals surface area contributed by atoms with E-state index in [1.54, 1.807) is 0 Å². The van der Waals surface area contributed by atoms with E-state index in [4.69, 9.17) is 0 Å². The molecule has 1 aliphatic heterocycles. The summed E-state index contributed by atoms with van der Waals surface area (Å²) in [7, 11) is 2.19. The topological polar surface area (TPSA) is 21.1 Å². The molecule has 2 heterocycles. The van der Waals surface area contributed by atoms with E-state index in [1.165, 1.54) is 31.3 Å². The van der Waals surface area contributed by atoms with Crippen molar-refractivity contribution in [1.29, 1.82) is 0 Å². The fourth-order valence-corrected chi connectivity index (χ4v) is 2.43. The van der Waals surface area contributed by atoms with E-state index in [1.807, 2.05) is 6.07 Å². The molecule has 2 aromatic rings. The number of nitrogens with zero attached hydrogens (tertiary/aromatic N) is 3. The highest BCUT2D eigenvalue weighted by molar-refractivity contribution is 5.77. The molecule has 0 N–H and O–H groups in total. The van der Waals surface area contributed by atoms with Gasteiger partial charge in [0.2, 0.25) is 0 Å². The molecule has 1 fully saturated rings. The second kappa shape index (κ2) is 3.91. The maximum Gasteiger partial charge on any atom is 0.0923 e. The summed E-state index contributed by atoms with van der Waals surface area (Å²) in [5.41, 5.74) is 1.11. The van der Waals surface area contributed by atoms with Crippen LogP contribution in [-0.4, -0.2) is 34.8 Å². The van der Waals surface area contributed by atoms with Gasteiger partial charge in [0, 0.05) is 11.6 Å². The molecule has 3 heteroatoms. The first kappa shape index (κ1) is 9.85. The van der Waals surface area contributed by atoms with Gasteiger partial charge in [-0.2, -0.15) is 5.10 Å². The van der Waals surface area contributed by atoms with Gasteiger partial charge in [-0.1, -0.05) is 18.2 Å². The van der Waals surface area contributed by atoms with Crippen molar-refractivity contribution < 1.29 is 0 Å². The lowest BCUT2D eigenvalue weighted by Gasteiger charge is -2.28. The van der Waals surface area contributed by atoms with Gasteiger partial charge in [0.1, 0.15) is 0 Å². The van der Waals surface area contributed by atoms with Gasteiger partial charge in [-0.15, -0.1) is 0 Å².